The van der Waals surface area contributed by atoms with Crippen LogP contribution in [-0.4, -0.2) is 24.5 Å². The molecule has 1 amide bonds. The van der Waals surface area contributed by atoms with E-state index in [2.05, 4.69) is 20.2 Å². The van der Waals surface area contributed by atoms with E-state index in [1.54, 1.807) is 13.8 Å². The Bertz CT molecular complexity index is 1100. The number of carbonyl (C=O) groups excluding carboxylic acids is 1. The highest BCUT2D eigenvalue weighted by Crippen LogP contribution is 2.27. The number of aromatic nitrogens is 2. The molecule has 1 heterocycles. The molecule has 0 unspecified atom stereocenters. The number of hydrogen-bond acceptors (Lipinski definition) is 6. The maximum atomic E-state index is 13.0. The van der Waals surface area contributed by atoms with E-state index in [0.717, 1.165) is 28.0 Å². The maximum absolute atomic E-state index is 13.0. The van der Waals surface area contributed by atoms with Crippen LogP contribution >= 0.6 is 11.3 Å². The zero-order valence-electron chi connectivity index (χ0n) is 16.3. The van der Waals surface area contributed by atoms with Crippen LogP contribution in [0.1, 0.15) is 36.6 Å². The molecular formula is C20H22N4O3S2. The zero-order valence-corrected chi connectivity index (χ0v) is 17.9. The summed E-state index contributed by atoms with van der Waals surface area (Å²) in [7, 11) is -3.96. The molecule has 1 aromatic heterocycles. The van der Waals surface area contributed by atoms with Gasteiger partial charge in [0.25, 0.3) is 10.0 Å². The summed E-state index contributed by atoms with van der Waals surface area (Å²) in [5.41, 5.74) is 2.65. The first-order chi connectivity index (χ1) is 13.8. The number of aryl methyl sites for hydroxylation is 1. The van der Waals surface area contributed by atoms with E-state index in [0.29, 0.717) is 0 Å². The highest BCUT2D eigenvalue weighted by atomic mass is 32.2. The third-order valence-electron chi connectivity index (χ3n) is 4.17. The third-order valence-corrected chi connectivity index (χ3v) is 6.80. The highest BCUT2D eigenvalue weighted by Gasteiger charge is 2.27. The van der Waals surface area contributed by atoms with E-state index in [-0.39, 0.29) is 21.3 Å². The number of anilines is 1. The van der Waals surface area contributed by atoms with Crippen molar-refractivity contribution < 1.29 is 13.2 Å². The first-order valence-electron chi connectivity index (χ1n) is 9.04. The van der Waals surface area contributed by atoms with Crippen LogP contribution in [0.3, 0.4) is 0 Å². The van der Waals surface area contributed by atoms with E-state index in [1.165, 1.54) is 0 Å². The average molecular weight is 431 g/mol. The normalized spacial score (nSPS) is 12.7. The van der Waals surface area contributed by atoms with Gasteiger partial charge in [0.05, 0.1) is 6.04 Å². The van der Waals surface area contributed by atoms with Crippen molar-refractivity contribution in [2.24, 2.45) is 5.92 Å². The van der Waals surface area contributed by atoms with Crippen LogP contribution in [-0.2, 0) is 14.8 Å². The Morgan fingerprint density at radius 1 is 1.00 bits per heavy atom. The van der Waals surface area contributed by atoms with Crippen molar-refractivity contribution in [3.05, 3.63) is 71.3 Å². The van der Waals surface area contributed by atoms with Crippen molar-refractivity contribution in [3.63, 3.8) is 0 Å². The van der Waals surface area contributed by atoms with Gasteiger partial charge in [0, 0.05) is 5.92 Å². The van der Waals surface area contributed by atoms with E-state index in [1.807, 2.05) is 61.5 Å². The topological polar surface area (TPSA) is 101 Å². The molecule has 9 heteroatoms. The lowest BCUT2D eigenvalue weighted by Crippen LogP contribution is -2.29. The van der Waals surface area contributed by atoms with E-state index >= 15 is 0 Å². The summed E-state index contributed by atoms with van der Waals surface area (Å²) in [6.45, 7) is 5.43. The number of carbonyl (C=O) groups is 1. The first kappa shape index (κ1) is 21.1. The van der Waals surface area contributed by atoms with E-state index in [4.69, 9.17) is 0 Å². The Morgan fingerprint density at radius 2 is 1.69 bits per heavy atom. The summed E-state index contributed by atoms with van der Waals surface area (Å²) in [4.78, 5) is 11.8. The molecule has 0 spiro atoms. The summed E-state index contributed by atoms with van der Waals surface area (Å²) in [6.07, 6.45) is 0. The molecule has 0 radical (unpaired) electrons. The van der Waals surface area contributed by atoms with Crippen molar-refractivity contribution in [2.75, 3.05) is 5.32 Å². The van der Waals surface area contributed by atoms with Crippen LogP contribution in [0.2, 0.25) is 0 Å². The summed E-state index contributed by atoms with van der Waals surface area (Å²) in [5.74, 6) is -0.499. The predicted octanol–water partition coefficient (Wildman–Crippen LogP) is 3.51. The maximum Gasteiger partial charge on any atom is 0.270 e. The number of nitrogens with zero attached hydrogens (tertiary/aromatic N) is 2. The average Bonchev–Trinajstić information content (AvgIpc) is 3.16. The minimum Gasteiger partial charge on any atom is -0.300 e. The summed E-state index contributed by atoms with van der Waals surface area (Å²) < 4.78 is 28.5. The first-order valence-corrected chi connectivity index (χ1v) is 11.3. The van der Waals surface area contributed by atoms with Gasteiger partial charge < -0.3 is 5.32 Å². The highest BCUT2D eigenvalue weighted by molar-refractivity contribution is 7.91. The Labute approximate surface area is 174 Å². The largest absolute Gasteiger partial charge is 0.300 e. The molecule has 7 nitrogen and oxygen atoms in total. The molecule has 1 atom stereocenters. The fourth-order valence-corrected chi connectivity index (χ4v) is 4.78. The number of amides is 1. The smallest absolute Gasteiger partial charge is 0.270 e. The lowest BCUT2D eigenvalue weighted by molar-refractivity contribution is -0.118. The second-order valence-corrected chi connectivity index (χ2v) is 9.76. The monoisotopic (exact) mass is 430 g/mol. The number of benzene rings is 2. The molecule has 0 fully saturated rings. The molecule has 2 aromatic carbocycles. The van der Waals surface area contributed by atoms with Gasteiger partial charge in [0.2, 0.25) is 15.4 Å². The SMILES string of the molecule is Cc1cccc([C@H](NS(=O)(=O)c2nnc(NC(=O)C(C)C)s2)c2ccccc2)c1. The van der Waals surface area contributed by atoms with Gasteiger partial charge in [-0.2, -0.15) is 4.72 Å². The number of sulfonamides is 1. The van der Waals surface area contributed by atoms with Crippen LogP contribution in [0.25, 0.3) is 0 Å². The molecule has 0 aliphatic rings. The second kappa shape index (κ2) is 8.81. The summed E-state index contributed by atoms with van der Waals surface area (Å²) in [6, 6.07) is 16.4. The van der Waals surface area contributed by atoms with Crippen LogP contribution < -0.4 is 10.0 Å². The van der Waals surface area contributed by atoms with Gasteiger partial charge in [-0.3, -0.25) is 4.79 Å². The lowest BCUT2D eigenvalue weighted by atomic mass is 9.98. The zero-order chi connectivity index (χ0) is 21.0. The number of rotatable bonds is 7. The molecule has 0 aliphatic carbocycles. The standard InChI is InChI=1S/C20H22N4O3S2/c1-13(2)18(25)21-19-22-23-20(28-19)29(26,27)24-17(15-9-5-4-6-10-15)16-11-7-8-14(3)12-16/h4-13,17,24H,1-3H3,(H,21,22,25)/t17-/m1/s1. The van der Waals surface area contributed by atoms with Gasteiger partial charge in [-0.25, -0.2) is 8.42 Å². The van der Waals surface area contributed by atoms with Crippen molar-refractivity contribution in [2.45, 2.75) is 31.2 Å². The number of hydrogen-bond donors (Lipinski definition) is 2. The van der Waals surface area contributed by atoms with E-state index < -0.39 is 16.1 Å². The lowest BCUT2D eigenvalue weighted by Gasteiger charge is -2.19. The Balaban J connectivity index is 1.91. The quantitative estimate of drug-likeness (QED) is 0.559. The predicted molar refractivity (Wildman–Crippen MR) is 113 cm³/mol. The molecule has 0 saturated heterocycles. The Hall–Kier alpha value is -2.62. The third kappa shape index (κ3) is 5.26. The van der Waals surface area contributed by atoms with Crippen LogP contribution in [0.4, 0.5) is 5.13 Å². The van der Waals surface area contributed by atoms with Crippen LogP contribution in [0, 0.1) is 12.8 Å². The molecule has 152 valence electrons. The molecule has 3 rings (SSSR count). The van der Waals surface area contributed by atoms with E-state index in [9.17, 15) is 13.2 Å². The van der Waals surface area contributed by atoms with Gasteiger partial charge >= 0.3 is 0 Å². The fraction of sp³-hybridized carbons (Fsp3) is 0.250. The van der Waals surface area contributed by atoms with Crippen molar-refractivity contribution in [3.8, 4) is 0 Å². The Morgan fingerprint density at radius 3 is 2.34 bits per heavy atom. The van der Waals surface area contributed by atoms with Gasteiger partial charge in [0.1, 0.15) is 0 Å². The van der Waals surface area contributed by atoms with Crippen molar-refractivity contribution in [1.82, 2.24) is 14.9 Å². The molecule has 3 aromatic rings. The second-order valence-electron chi connectivity index (χ2n) is 6.90. The van der Waals surface area contributed by atoms with Crippen molar-refractivity contribution in [1.29, 1.82) is 0 Å². The van der Waals surface area contributed by atoms with Gasteiger partial charge in [0.15, 0.2) is 0 Å². The number of nitrogens with one attached hydrogen (secondary N) is 2. The minimum absolute atomic E-state index is 0.149. The molecular weight excluding hydrogens is 408 g/mol. The fourth-order valence-electron chi connectivity index (χ4n) is 2.65. The van der Waals surface area contributed by atoms with Crippen LogP contribution in [0.5, 0.6) is 0 Å². The molecule has 0 aliphatic heterocycles. The van der Waals surface area contributed by atoms with Gasteiger partial charge in [-0.15, -0.1) is 10.2 Å². The minimum atomic E-state index is -3.96. The summed E-state index contributed by atoms with van der Waals surface area (Å²) in [5, 5.41) is 10.3. The van der Waals surface area contributed by atoms with Gasteiger partial charge in [-0.1, -0.05) is 85.3 Å². The van der Waals surface area contributed by atoms with Crippen molar-refractivity contribution >= 4 is 32.4 Å². The molecule has 0 bridgehead atoms. The Kier molecular flexibility index (Phi) is 6.41. The van der Waals surface area contributed by atoms with Gasteiger partial charge in [-0.05, 0) is 18.1 Å². The van der Waals surface area contributed by atoms with Crippen LogP contribution in [0.15, 0.2) is 58.9 Å². The molecule has 0 saturated carbocycles. The molecule has 29 heavy (non-hydrogen) atoms. The molecule has 2 N–H and O–H groups in total. The summed E-state index contributed by atoms with van der Waals surface area (Å²) >= 11 is 0.816.